The molecule has 1 aromatic carbocycles. The Morgan fingerprint density at radius 2 is 1.83 bits per heavy atom. The molecule has 1 aromatic heterocycles. The standard InChI is InChI=1S/C19H24N4O/c1-13-8-10-23(11-9-13)18-12-14(2)20-19(22-18)21-17-6-4-16(5-7-17)15(3)24/h4-7,12-13H,8-11H2,1-3H3,(H,20,21,22). The van der Waals surface area contributed by atoms with E-state index >= 15 is 0 Å². The number of hydrogen-bond donors (Lipinski definition) is 1. The summed E-state index contributed by atoms with van der Waals surface area (Å²) >= 11 is 0. The number of anilines is 3. The van der Waals surface area contributed by atoms with E-state index in [-0.39, 0.29) is 5.78 Å². The van der Waals surface area contributed by atoms with Crippen LogP contribution in [0.4, 0.5) is 17.5 Å². The van der Waals surface area contributed by atoms with Crippen LogP contribution in [0, 0.1) is 12.8 Å². The van der Waals surface area contributed by atoms with E-state index in [4.69, 9.17) is 0 Å². The summed E-state index contributed by atoms with van der Waals surface area (Å²) in [6, 6.07) is 9.43. The minimum Gasteiger partial charge on any atom is -0.356 e. The zero-order valence-corrected chi connectivity index (χ0v) is 14.5. The monoisotopic (exact) mass is 324 g/mol. The molecule has 1 saturated heterocycles. The Bertz CT molecular complexity index is 719. The molecular formula is C19H24N4O. The lowest BCUT2D eigenvalue weighted by Crippen LogP contribution is -2.33. The molecule has 24 heavy (non-hydrogen) atoms. The van der Waals surface area contributed by atoms with E-state index in [0.29, 0.717) is 11.5 Å². The maximum atomic E-state index is 11.4. The van der Waals surface area contributed by atoms with Crippen LogP contribution in [0.5, 0.6) is 0 Å². The van der Waals surface area contributed by atoms with Crippen molar-refractivity contribution in [1.29, 1.82) is 0 Å². The quantitative estimate of drug-likeness (QED) is 0.863. The molecule has 2 aromatic rings. The SMILES string of the molecule is CC(=O)c1ccc(Nc2nc(C)cc(N3CCC(C)CC3)n2)cc1. The number of nitrogens with one attached hydrogen (secondary N) is 1. The maximum absolute atomic E-state index is 11.4. The summed E-state index contributed by atoms with van der Waals surface area (Å²) in [6.45, 7) is 7.95. The average Bonchev–Trinajstić information content (AvgIpc) is 2.55. The van der Waals surface area contributed by atoms with Gasteiger partial charge in [-0.05, 0) is 56.9 Å². The van der Waals surface area contributed by atoms with Crippen LogP contribution < -0.4 is 10.2 Å². The zero-order valence-electron chi connectivity index (χ0n) is 14.5. The highest BCUT2D eigenvalue weighted by molar-refractivity contribution is 5.94. The van der Waals surface area contributed by atoms with Crippen molar-refractivity contribution in [1.82, 2.24) is 9.97 Å². The van der Waals surface area contributed by atoms with Crippen LogP contribution >= 0.6 is 0 Å². The Kier molecular flexibility index (Phi) is 4.79. The number of piperidine rings is 1. The van der Waals surface area contributed by atoms with Crippen molar-refractivity contribution < 1.29 is 4.79 Å². The third-order valence-corrected chi connectivity index (χ3v) is 4.50. The topological polar surface area (TPSA) is 58.1 Å². The van der Waals surface area contributed by atoms with Gasteiger partial charge in [-0.15, -0.1) is 0 Å². The molecule has 0 spiro atoms. The summed E-state index contributed by atoms with van der Waals surface area (Å²) < 4.78 is 0. The number of aryl methyl sites for hydroxylation is 1. The fraction of sp³-hybridized carbons (Fsp3) is 0.421. The van der Waals surface area contributed by atoms with E-state index in [2.05, 4.69) is 27.1 Å². The van der Waals surface area contributed by atoms with Gasteiger partial charge in [-0.1, -0.05) is 6.92 Å². The van der Waals surface area contributed by atoms with E-state index in [0.717, 1.165) is 36.2 Å². The van der Waals surface area contributed by atoms with Gasteiger partial charge >= 0.3 is 0 Å². The summed E-state index contributed by atoms with van der Waals surface area (Å²) in [5, 5.41) is 3.24. The van der Waals surface area contributed by atoms with E-state index in [1.54, 1.807) is 6.92 Å². The van der Waals surface area contributed by atoms with Crippen molar-refractivity contribution in [2.75, 3.05) is 23.3 Å². The second kappa shape index (κ2) is 6.99. The number of carbonyl (C=O) groups is 1. The number of nitrogens with zero attached hydrogens (tertiary/aromatic N) is 3. The van der Waals surface area contributed by atoms with Gasteiger partial charge in [0, 0.05) is 36.1 Å². The van der Waals surface area contributed by atoms with Crippen LogP contribution in [-0.2, 0) is 0 Å². The molecular weight excluding hydrogens is 300 g/mol. The van der Waals surface area contributed by atoms with E-state index in [1.807, 2.05) is 37.3 Å². The Labute approximate surface area is 143 Å². The average molecular weight is 324 g/mol. The van der Waals surface area contributed by atoms with Crippen molar-refractivity contribution >= 4 is 23.2 Å². The van der Waals surface area contributed by atoms with Crippen molar-refractivity contribution in [2.45, 2.75) is 33.6 Å². The smallest absolute Gasteiger partial charge is 0.229 e. The summed E-state index contributed by atoms with van der Waals surface area (Å²) in [6.07, 6.45) is 2.41. The van der Waals surface area contributed by atoms with Gasteiger partial charge in [0.25, 0.3) is 0 Å². The van der Waals surface area contributed by atoms with Gasteiger partial charge in [0.2, 0.25) is 5.95 Å². The molecule has 5 heteroatoms. The van der Waals surface area contributed by atoms with Crippen molar-refractivity contribution in [3.8, 4) is 0 Å². The Hall–Kier alpha value is -2.43. The Balaban J connectivity index is 1.77. The van der Waals surface area contributed by atoms with Gasteiger partial charge in [-0.3, -0.25) is 4.79 Å². The number of hydrogen-bond acceptors (Lipinski definition) is 5. The third-order valence-electron chi connectivity index (χ3n) is 4.50. The molecule has 3 rings (SSSR count). The molecule has 0 aliphatic carbocycles. The lowest BCUT2D eigenvalue weighted by Gasteiger charge is -2.31. The fourth-order valence-corrected chi connectivity index (χ4v) is 2.92. The molecule has 0 bridgehead atoms. The number of benzene rings is 1. The first-order valence-electron chi connectivity index (χ1n) is 8.50. The van der Waals surface area contributed by atoms with Crippen LogP contribution in [0.1, 0.15) is 42.7 Å². The first-order valence-corrected chi connectivity index (χ1v) is 8.50. The third kappa shape index (κ3) is 3.91. The molecule has 2 heterocycles. The summed E-state index contributed by atoms with van der Waals surface area (Å²) in [5.41, 5.74) is 2.53. The molecule has 5 nitrogen and oxygen atoms in total. The second-order valence-corrected chi connectivity index (χ2v) is 6.62. The molecule has 1 N–H and O–H groups in total. The molecule has 0 atom stereocenters. The molecule has 1 aliphatic heterocycles. The highest BCUT2D eigenvalue weighted by atomic mass is 16.1. The molecule has 1 fully saturated rings. The van der Waals surface area contributed by atoms with Crippen LogP contribution in [0.15, 0.2) is 30.3 Å². The lowest BCUT2D eigenvalue weighted by atomic mass is 9.99. The highest BCUT2D eigenvalue weighted by Gasteiger charge is 2.18. The van der Waals surface area contributed by atoms with Gasteiger partial charge in [0.1, 0.15) is 5.82 Å². The van der Waals surface area contributed by atoms with E-state index in [1.165, 1.54) is 12.8 Å². The highest BCUT2D eigenvalue weighted by Crippen LogP contribution is 2.23. The van der Waals surface area contributed by atoms with Gasteiger partial charge in [0.05, 0.1) is 0 Å². The summed E-state index contributed by atoms with van der Waals surface area (Å²) in [7, 11) is 0. The number of carbonyl (C=O) groups excluding carboxylic acids is 1. The predicted octanol–water partition coefficient (Wildman–Crippen LogP) is 3.97. The van der Waals surface area contributed by atoms with Crippen molar-refractivity contribution in [3.05, 3.63) is 41.6 Å². The minimum absolute atomic E-state index is 0.0648. The summed E-state index contributed by atoms with van der Waals surface area (Å²) in [4.78, 5) is 22.8. The number of ketones is 1. The molecule has 1 aliphatic rings. The zero-order chi connectivity index (χ0) is 17.1. The normalized spacial score (nSPS) is 15.4. The predicted molar refractivity (Wildman–Crippen MR) is 97.1 cm³/mol. The van der Waals surface area contributed by atoms with Crippen LogP contribution in [0.2, 0.25) is 0 Å². The van der Waals surface area contributed by atoms with E-state index < -0.39 is 0 Å². The second-order valence-electron chi connectivity index (χ2n) is 6.62. The van der Waals surface area contributed by atoms with Gasteiger partial charge in [-0.2, -0.15) is 4.98 Å². The Morgan fingerprint density at radius 1 is 1.17 bits per heavy atom. The Morgan fingerprint density at radius 3 is 2.46 bits per heavy atom. The first kappa shape index (κ1) is 16.4. The van der Waals surface area contributed by atoms with E-state index in [9.17, 15) is 4.79 Å². The van der Waals surface area contributed by atoms with Gasteiger partial charge in [-0.25, -0.2) is 4.98 Å². The molecule has 126 valence electrons. The van der Waals surface area contributed by atoms with Crippen LogP contribution in [-0.4, -0.2) is 28.8 Å². The fourth-order valence-electron chi connectivity index (χ4n) is 2.92. The molecule has 0 saturated carbocycles. The van der Waals surface area contributed by atoms with Gasteiger partial charge in [0.15, 0.2) is 5.78 Å². The summed E-state index contributed by atoms with van der Waals surface area (Å²) in [5.74, 6) is 2.44. The first-order chi connectivity index (χ1) is 11.5. The lowest BCUT2D eigenvalue weighted by molar-refractivity contribution is 0.101. The largest absolute Gasteiger partial charge is 0.356 e. The van der Waals surface area contributed by atoms with Crippen molar-refractivity contribution in [2.24, 2.45) is 5.92 Å². The molecule has 0 amide bonds. The van der Waals surface area contributed by atoms with Crippen molar-refractivity contribution in [3.63, 3.8) is 0 Å². The number of Topliss-reactive ketones (excluding diaryl/α,β-unsaturated/α-hetero) is 1. The molecule has 0 unspecified atom stereocenters. The van der Waals surface area contributed by atoms with Crippen LogP contribution in [0.3, 0.4) is 0 Å². The van der Waals surface area contributed by atoms with Crippen LogP contribution in [0.25, 0.3) is 0 Å². The number of aromatic nitrogens is 2. The number of rotatable bonds is 4. The van der Waals surface area contributed by atoms with Gasteiger partial charge < -0.3 is 10.2 Å². The molecule has 0 radical (unpaired) electrons. The maximum Gasteiger partial charge on any atom is 0.229 e. The minimum atomic E-state index is 0.0648.